The van der Waals surface area contributed by atoms with Crippen LogP contribution in [0.3, 0.4) is 0 Å². The maximum Gasteiger partial charge on any atom is 0.238 e. The van der Waals surface area contributed by atoms with E-state index in [-0.39, 0.29) is 11.7 Å². The van der Waals surface area contributed by atoms with Crippen molar-refractivity contribution in [2.75, 3.05) is 6.79 Å². The van der Waals surface area contributed by atoms with Crippen molar-refractivity contribution < 1.29 is 22.6 Å². The Morgan fingerprint density at radius 2 is 1.52 bits per heavy atom. The molecule has 3 aromatic rings. The molecule has 2 N–H and O–H groups in total. The molecule has 0 spiro atoms. The molecule has 2 aliphatic heterocycles. The van der Waals surface area contributed by atoms with E-state index >= 15 is 0 Å². The zero-order valence-electron chi connectivity index (χ0n) is 15.3. The van der Waals surface area contributed by atoms with E-state index in [0.29, 0.717) is 23.7 Å². The Labute approximate surface area is 168 Å². The zero-order chi connectivity index (χ0) is 20.0. The largest absolute Gasteiger partial charge is 0.456 e. The Morgan fingerprint density at radius 3 is 2.31 bits per heavy atom. The van der Waals surface area contributed by atoms with Crippen LogP contribution in [0, 0.1) is 0 Å². The molecule has 0 aromatic heterocycles. The fourth-order valence-electron chi connectivity index (χ4n) is 3.54. The molecule has 0 saturated carbocycles. The van der Waals surface area contributed by atoms with E-state index in [4.69, 9.17) is 19.3 Å². The van der Waals surface area contributed by atoms with Crippen molar-refractivity contribution in [3.63, 3.8) is 0 Å². The average Bonchev–Trinajstić information content (AvgIpc) is 3.20. The lowest BCUT2D eigenvalue weighted by atomic mass is 9.92. The van der Waals surface area contributed by atoms with Crippen molar-refractivity contribution in [1.29, 1.82) is 0 Å². The summed E-state index contributed by atoms with van der Waals surface area (Å²) >= 11 is 0. The van der Waals surface area contributed by atoms with E-state index in [1.807, 2.05) is 42.5 Å². The van der Waals surface area contributed by atoms with Crippen molar-refractivity contribution in [2.45, 2.75) is 11.3 Å². The molecule has 146 valence electrons. The topological polar surface area (TPSA) is 87.9 Å². The van der Waals surface area contributed by atoms with Crippen LogP contribution in [0.5, 0.6) is 17.2 Å². The van der Waals surface area contributed by atoms with Crippen LogP contribution in [-0.4, -0.2) is 15.2 Å². The molecular weight excluding hydrogens is 390 g/mol. The highest BCUT2D eigenvalue weighted by Gasteiger charge is 2.24. The van der Waals surface area contributed by atoms with Gasteiger partial charge in [0.15, 0.2) is 11.5 Å². The third kappa shape index (κ3) is 3.24. The Morgan fingerprint density at radius 1 is 0.793 bits per heavy atom. The molecular formula is C22H17NO5S. The van der Waals surface area contributed by atoms with Crippen molar-refractivity contribution in [3.05, 3.63) is 83.4 Å². The first-order valence-corrected chi connectivity index (χ1v) is 10.6. The van der Waals surface area contributed by atoms with Crippen LogP contribution >= 0.6 is 0 Å². The number of sulfonamides is 1. The predicted molar refractivity (Wildman–Crippen MR) is 108 cm³/mol. The van der Waals surface area contributed by atoms with E-state index in [2.05, 4.69) is 0 Å². The number of ether oxygens (including phenoxy) is 3. The van der Waals surface area contributed by atoms with E-state index in [1.54, 1.807) is 12.1 Å². The number of primary sulfonamides is 1. The van der Waals surface area contributed by atoms with Gasteiger partial charge >= 0.3 is 0 Å². The maximum atomic E-state index is 11.6. The molecule has 0 radical (unpaired) electrons. The first-order chi connectivity index (χ1) is 14.0. The number of fused-ring (bicyclic) bond motifs is 2. The van der Waals surface area contributed by atoms with Crippen LogP contribution in [0.1, 0.15) is 16.7 Å². The fourth-order valence-corrected chi connectivity index (χ4v) is 4.05. The highest BCUT2D eigenvalue weighted by molar-refractivity contribution is 7.89. The average molecular weight is 407 g/mol. The first-order valence-electron chi connectivity index (χ1n) is 9.01. The minimum absolute atomic E-state index is 0.0580. The predicted octanol–water partition coefficient (Wildman–Crippen LogP) is 3.57. The summed E-state index contributed by atoms with van der Waals surface area (Å²) in [6.07, 6.45) is 0.669. The summed E-state index contributed by atoms with van der Waals surface area (Å²) in [4.78, 5) is 0.0580. The molecule has 0 bridgehead atoms. The molecule has 2 aliphatic rings. The first kappa shape index (κ1) is 17.8. The standard InChI is InChI=1S/C22H17NO5S/c23-29(24,25)17-8-5-14(6-9-17)22-18(11-16-3-1-2-4-19(16)28-22)15-7-10-20-21(12-15)27-13-26-20/h1-10,12H,11,13H2,(H2,23,24,25). The molecule has 7 heteroatoms. The molecule has 0 aliphatic carbocycles. The van der Waals surface area contributed by atoms with Gasteiger partial charge in [0, 0.05) is 17.6 Å². The smallest absolute Gasteiger partial charge is 0.238 e. The maximum absolute atomic E-state index is 11.6. The second-order valence-corrected chi connectivity index (χ2v) is 8.39. The highest BCUT2D eigenvalue weighted by Crippen LogP contribution is 2.42. The van der Waals surface area contributed by atoms with Crippen LogP contribution in [0.4, 0.5) is 0 Å². The van der Waals surface area contributed by atoms with Gasteiger partial charge in [-0.2, -0.15) is 0 Å². The normalized spacial score (nSPS) is 15.1. The number of hydrogen-bond donors (Lipinski definition) is 1. The third-order valence-electron chi connectivity index (χ3n) is 4.99. The van der Waals surface area contributed by atoms with E-state index in [9.17, 15) is 8.42 Å². The SMILES string of the molecule is NS(=O)(=O)c1ccc(C2=C(c3ccc4c(c3)OCO4)Cc3ccccc3O2)cc1. The summed E-state index contributed by atoms with van der Waals surface area (Å²) in [6.45, 7) is 0.207. The summed E-state index contributed by atoms with van der Waals surface area (Å²) in [5.74, 6) is 2.86. The Bertz CT molecular complexity index is 1250. The van der Waals surface area contributed by atoms with Crippen LogP contribution < -0.4 is 19.3 Å². The van der Waals surface area contributed by atoms with Crippen molar-refractivity contribution in [1.82, 2.24) is 0 Å². The van der Waals surface area contributed by atoms with E-state index in [0.717, 1.165) is 28.0 Å². The summed E-state index contributed by atoms with van der Waals surface area (Å²) in [5, 5.41) is 5.22. The van der Waals surface area contributed by atoms with Gasteiger partial charge in [0.2, 0.25) is 16.8 Å². The van der Waals surface area contributed by atoms with Crippen molar-refractivity contribution in [3.8, 4) is 17.2 Å². The number of benzene rings is 3. The second kappa shape index (κ2) is 6.65. The minimum atomic E-state index is -3.76. The van der Waals surface area contributed by atoms with Gasteiger partial charge in [-0.25, -0.2) is 13.6 Å². The number of hydrogen-bond acceptors (Lipinski definition) is 5. The molecule has 0 unspecified atom stereocenters. The lowest BCUT2D eigenvalue weighted by molar-refractivity contribution is 0.174. The molecule has 6 nitrogen and oxygen atoms in total. The van der Waals surface area contributed by atoms with Gasteiger partial charge < -0.3 is 14.2 Å². The molecule has 3 aromatic carbocycles. The second-order valence-electron chi connectivity index (χ2n) is 6.83. The molecule has 0 fully saturated rings. The molecule has 2 heterocycles. The number of rotatable bonds is 3. The Hall–Kier alpha value is -3.29. The zero-order valence-corrected chi connectivity index (χ0v) is 16.1. The van der Waals surface area contributed by atoms with Gasteiger partial charge in [0.05, 0.1) is 4.90 Å². The summed E-state index contributed by atoms with van der Waals surface area (Å²) in [7, 11) is -3.76. The summed E-state index contributed by atoms with van der Waals surface area (Å²) in [5.41, 5.74) is 3.77. The van der Waals surface area contributed by atoms with Gasteiger partial charge in [0.25, 0.3) is 0 Å². The van der Waals surface area contributed by atoms with Crippen LogP contribution in [0.15, 0.2) is 71.6 Å². The number of nitrogens with two attached hydrogens (primary N) is 1. The Balaban J connectivity index is 1.65. The highest BCUT2D eigenvalue weighted by atomic mass is 32.2. The number of allylic oxidation sites excluding steroid dienone is 1. The van der Waals surface area contributed by atoms with Crippen LogP contribution in [0.25, 0.3) is 11.3 Å². The lowest BCUT2D eigenvalue weighted by Crippen LogP contribution is -2.12. The summed E-state index contributed by atoms with van der Waals surface area (Å²) in [6, 6.07) is 20.0. The molecule has 0 amide bonds. The molecule has 29 heavy (non-hydrogen) atoms. The molecule has 0 atom stereocenters. The monoisotopic (exact) mass is 407 g/mol. The molecule has 5 rings (SSSR count). The van der Waals surface area contributed by atoms with Gasteiger partial charge in [-0.15, -0.1) is 0 Å². The van der Waals surface area contributed by atoms with Gasteiger partial charge in [0.1, 0.15) is 11.5 Å². The number of para-hydroxylation sites is 1. The Kier molecular flexibility index (Phi) is 4.08. The minimum Gasteiger partial charge on any atom is -0.456 e. The van der Waals surface area contributed by atoms with E-state index in [1.165, 1.54) is 12.1 Å². The van der Waals surface area contributed by atoms with Crippen LogP contribution in [-0.2, 0) is 16.4 Å². The molecule has 0 saturated heterocycles. The summed E-state index contributed by atoms with van der Waals surface area (Å²) < 4.78 is 40.4. The van der Waals surface area contributed by atoms with Gasteiger partial charge in [-0.1, -0.05) is 24.3 Å². The third-order valence-corrected chi connectivity index (χ3v) is 5.92. The lowest BCUT2D eigenvalue weighted by Gasteiger charge is -2.24. The van der Waals surface area contributed by atoms with Crippen molar-refractivity contribution >= 4 is 21.4 Å². The van der Waals surface area contributed by atoms with Gasteiger partial charge in [-0.05, 0) is 53.6 Å². The fraction of sp³-hybridized carbons (Fsp3) is 0.0909. The van der Waals surface area contributed by atoms with Crippen molar-refractivity contribution in [2.24, 2.45) is 5.14 Å². The van der Waals surface area contributed by atoms with Crippen LogP contribution in [0.2, 0.25) is 0 Å². The van der Waals surface area contributed by atoms with E-state index < -0.39 is 10.0 Å². The van der Waals surface area contributed by atoms with Gasteiger partial charge in [-0.3, -0.25) is 0 Å². The quantitative estimate of drug-likeness (QED) is 0.717.